The third kappa shape index (κ3) is 3.16. The molecule has 5 heteroatoms. The second-order valence-corrected chi connectivity index (χ2v) is 4.68. The van der Waals surface area contributed by atoms with Crippen molar-refractivity contribution in [3.05, 3.63) is 34.9 Å². The monoisotopic (exact) mass is 272 g/mol. The minimum absolute atomic E-state index is 0.0342. The molecule has 0 aliphatic carbocycles. The predicted molar refractivity (Wildman–Crippen MR) is 74.2 cm³/mol. The summed E-state index contributed by atoms with van der Waals surface area (Å²) in [6.45, 7) is 1.66. The summed E-state index contributed by atoms with van der Waals surface area (Å²) in [4.78, 5) is 23.0. The Bertz CT molecular complexity index is 575. The van der Waals surface area contributed by atoms with Crippen molar-refractivity contribution in [1.29, 1.82) is 0 Å². The molecule has 1 atom stereocenters. The van der Waals surface area contributed by atoms with Crippen molar-refractivity contribution < 1.29 is 14.7 Å². The second-order valence-electron chi connectivity index (χ2n) is 4.68. The van der Waals surface area contributed by atoms with Crippen molar-refractivity contribution >= 4 is 11.9 Å². The summed E-state index contributed by atoms with van der Waals surface area (Å²) in [5, 5.41) is 14.6. The van der Waals surface area contributed by atoms with E-state index in [-0.39, 0.29) is 6.42 Å². The Labute approximate surface area is 117 Å². The fraction of sp³-hybridized carbons (Fsp3) is 0.333. The van der Waals surface area contributed by atoms with Crippen LogP contribution in [0.25, 0.3) is 0 Å². The van der Waals surface area contributed by atoms with Crippen molar-refractivity contribution in [2.75, 3.05) is 6.54 Å². The van der Waals surface area contributed by atoms with Gasteiger partial charge in [-0.2, -0.15) is 0 Å². The van der Waals surface area contributed by atoms with Gasteiger partial charge in [-0.1, -0.05) is 6.07 Å². The third-order valence-corrected chi connectivity index (χ3v) is 3.28. The van der Waals surface area contributed by atoms with Crippen LogP contribution >= 0.6 is 0 Å². The van der Waals surface area contributed by atoms with Gasteiger partial charge < -0.3 is 15.7 Å². The van der Waals surface area contributed by atoms with Gasteiger partial charge >= 0.3 is 5.97 Å². The van der Waals surface area contributed by atoms with Crippen LogP contribution in [0.15, 0.2) is 18.2 Å². The van der Waals surface area contributed by atoms with E-state index in [0.717, 1.165) is 25.1 Å². The molecule has 2 rings (SSSR count). The molecule has 104 valence electrons. The molecule has 1 amide bonds. The molecule has 1 unspecified atom stereocenters. The Balaban J connectivity index is 2.13. The van der Waals surface area contributed by atoms with E-state index in [2.05, 4.69) is 16.6 Å². The Morgan fingerprint density at radius 2 is 2.25 bits per heavy atom. The molecular formula is C15H16N2O3. The van der Waals surface area contributed by atoms with Crippen LogP contribution in [-0.4, -0.2) is 29.6 Å². The molecule has 0 bridgehead atoms. The number of carboxylic acid groups (broad SMARTS) is 1. The third-order valence-electron chi connectivity index (χ3n) is 3.28. The summed E-state index contributed by atoms with van der Waals surface area (Å²) in [5.41, 5.74) is 2.75. The van der Waals surface area contributed by atoms with E-state index < -0.39 is 17.9 Å². The molecule has 3 N–H and O–H groups in total. The maximum atomic E-state index is 12.1. The van der Waals surface area contributed by atoms with Gasteiger partial charge in [-0.3, -0.25) is 4.79 Å². The van der Waals surface area contributed by atoms with Crippen molar-refractivity contribution in [3.63, 3.8) is 0 Å². The van der Waals surface area contributed by atoms with Gasteiger partial charge in [0.15, 0.2) is 0 Å². The number of amides is 1. The number of hydrogen-bond acceptors (Lipinski definition) is 3. The first kappa shape index (κ1) is 14.1. The lowest BCUT2D eigenvalue weighted by Gasteiger charge is -2.18. The van der Waals surface area contributed by atoms with Gasteiger partial charge in [0.05, 0.1) is 0 Å². The van der Waals surface area contributed by atoms with Crippen LogP contribution in [0.1, 0.15) is 27.9 Å². The number of nitrogens with one attached hydrogen (secondary N) is 2. The van der Waals surface area contributed by atoms with Crippen LogP contribution in [0.4, 0.5) is 0 Å². The van der Waals surface area contributed by atoms with Gasteiger partial charge in [0.25, 0.3) is 5.91 Å². The van der Waals surface area contributed by atoms with Crippen LogP contribution in [0, 0.1) is 12.3 Å². The fourth-order valence-corrected chi connectivity index (χ4v) is 2.18. The molecule has 5 nitrogen and oxygen atoms in total. The number of carbonyl (C=O) groups is 2. The van der Waals surface area contributed by atoms with E-state index in [1.165, 1.54) is 5.56 Å². The predicted octanol–water partition coefficient (Wildman–Crippen LogP) is 0.539. The summed E-state index contributed by atoms with van der Waals surface area (Å²) < 4.78 is 0. The van der Waals surface area contributed by atoms with Crippen LogP contribution in [-0.2, 0) is 17.8 Å². The van der Waals surface area contributed by atoms with Crippen molar-refractivity contribution in [3.8, 4) is 12.3 Å². The van der Waals surface area contributed by atoms with E-state index in [1.807, 2.05) is 6.07 Å². The highest BCUT2D eigenvalue weighted by molar-refractivity contribution is 5.96. The first-order chi connectivity index (χ1) is 9.61. The average molecular weight is 272 g/mol. The quantitative estimate of drug-likeness (QED) is 0.699. The minimum Gasteiger partial charge on any atom is -0.480 e. The first-order valence-electron chi connectivity index (χ1n) is 6.41. The summed E-state index contributed by atoms with van der Waals surface area (Å²) in [6.07, 6.45) is 6.00. The molecule has 1 heterocycles. The highest BCUT2D eigenvalue weighted by Gasteiger charge is 2.20. The molecule has 1 aliphatic rings. The van der Waals surface area contributed by atoms with Gasteiger partial charge in [-0.25, -0.2) is 4.79 Å². The molecule has 0 fully saturated rings. The van der Waals surface area contributed by atoms with Gasteiger partial charge in [0.2, 0.25) is 0 Å². The van der Waals surface area contributed by atoms with E-state index in [0.29, 0.717) is 5.56 Å². The molecule has 0 saturated heterocycles. The van der Waals surface area contributed by atoms with Crippen molar-refractivity contribution in [2.45, 2.75) is 25.4 Å². The first-order valence-corrected chi connectivity index (χ1v) is 6.41. The molecule has 1 aliphatic heterocycles. The lowest BCUT2D eigenvalue weighted by Crippen LogP contribution is -2.40. The Morgan fingerprint density at radius 3 is 2.95 bits per heavy atom. The van der Waals surface area contributed by atoms with Gasteiger partial charge in [0, 0.05) is 18.5 Å². The zero-order valence-electron chi connectivity index (χ0n) is 11.0. The fourth-order valence-electron chi connectivity index (χ4n) is 2.18. The molecule has 0 saturated carbocycles. The van der Waals surface area contributed by atoms with Crippen molar-refractivity contribution in [2.24, 2.45) is 0 Å². The highest BCUT2D eigenvalue weighted by atomic mass is 16.4. The van der Waals surface area contributed by atoms with Crippen LogP contribution in [0.3, 0.4) is 0 Å². The SMILES string of the molecule is C#CCC(NC(=O)c1ccc2c(c1)CNCC2)C(=O)O. The normalized spacial score (nSPS) is 14.8. The molecule has 1 aromatic carbocycles. The number of benzene rings is 1. The zero-order valence-corrected chi connectivity index (χ0v) is 11.0. The minimum atomic E-state index is -1.13. The second kappa shape index (κ2) is 6.22. The Hall–Kier alpha value is -2.32. The molecular weight excluding hydrogens is 256 g/mol. The molecule has 0 spiro atoms. The molecule has 0 radical (unpaired) electrons. The number of hydrogen-bond donors (Lipinski definition) is 3. The lowest BCUT2D eigenvalue weighted by atomic mass is 9.98. The number of fused-ring (bicyclic) bond motifs is 1. The van der Waals surface area contributed by atoms with Gasteiger partial charge in [0.1, 0.15) is 6.04 Å². The average Bonchev–Trinajstić information content (AvgIpc) is 2.46. The number of rotatable bonds is 4. The van der Waals surface area contributed by atoms with Crippen LogP contribution < -0.4 is 10.6 Å². The standard InChI is InChI=1S/C15H16N2O3/c1-2-3-13(15(19)20)17-14(18)11-5-4-10-6-7-16-9-12(10)8-11/h1,4-5,8,13,16H,3,6-7,9H2,(H,17,18)(H,19,20). The van der Waals surface area contributed by atoms with E-state index >= 15 is 0 Å². The number of carboxylic acids is 1. The molecule has 1 aromatic rings. The van der Waals surface area contributed by atoms with E-state index in [9.17, 15) is 9.59 Å². The number of carbonyl (C=O) groups excluding carboxylic acids is 1. The van der Waals surface area contributed by atoms with Crippen LogP contribution in [0.2, 0.25) is 0 Å². The van der Waals surface area contributed by atoms with E-state index in [1.54, 1.807) is 12.1 Å². The van der Waals surface area contributed by atoms with Gasteiger partial charge in [-0.05, 0) is 36.2 Å². The van der Waals surface area contributed by atoms with Gasteiger partial charge in [-0.15, -0.1) is 12.3 Å². The van der Waals surface area contributed by atoms with Crippen molar-refractivity contribution in [1.82, 2.24) is 10.6 Å². The highest BCUT2D eigenvalue weighted by Crippen LogP contribution is 2.16. The largest absolute Gasteiger partial charge is 0.480 e. The maximum Gasteiger partial charge on any atom is 0.327 e. The smallest absolute Gasteiger partial charge is 0.327 e. The molecule has 0 aromatic heterocycles. The topological polar surface area (TPSA) is 78.4 Å². The van der Waals surface area contributed by atoms with E-state index in [4.69, 9.17) is 11.5 Å². The Morgan fingerprint density at radius 1 is 1.45 bits per heavy atom. The number of terminal acetylenes is 1. The summed E-state index contributed by atoms with van der Waals surface area (Å²) in [5.74, 6) is 0.706. The molecule has 20 heavy (non-hydrogen) atoms. The Kier molecular flexibility index (Phi) is 4.38. The zero-order chi connectivity index (χ0) is 14.5. The summed E-state index contributed by atoms with van der Waals surface area (Å²) in [7, 11) is 0. The summed E-state index contributed by atoms with van der Waals surface area (Å²) in [6, 6.07) is 4.38. The van der Waals surface area contributed by atoms with Crippen LogP contribution in [0.5, 0.6) is 0 Å². The maximum absolute atomic E-state index is 12.1. The summed E-state index contributed by atoms with van der Waals surface area (Å²) >= 11 is 0. The number of aliphatic carboxylic acids is 1. The lowest BCUT2D eigenvalue weighted by molar-refractivity contribution is -0.139.